The number of carbonyl (C=O) groups is 1. The topological polar surface area (TPSA) is 87.4 Å². The van der Waals surface area contributed by atoms with E-state index in [9.17, 15) is 36.2 Å². The molecule has 1 heterocycles. The number of rotatable bonds is 12. The third-order valence-electron chi connectivity index (χ3n) is 9.28. The lowest BCUT2D eigenvalue weighted by atomic mass is 9.79. The predicted molar refractivity (Wildman–Crippen MR) is 159 cm³/mol. The fourth-order valence-electron chi connectivity index (χ4n) is 7.00. The van der Waals surface area contributed by atoms with E-state index in [4.69, 9.17) is 0 Å². The molecular formula is C32H38F6N6O2. The van der Waals surface area contributed by atoms with Gasteiger partial charge in [-0.2, -0.15) is 31.1 Å². The standard InChI is InChI=1S/C32H38F6N6O2/c1-3-43(12-11-30(18-28(45)46)9-4-5-10-30)27-16-23-8-6-7-22(23)15-24(27)20-44(29-39-41-42(2)40-29)19-21-13-25(31(33,34)35)17-26(14-21)32(36,37)38/h13-17H,3-12,18-20H2,1-2H3,(H,45,46). The van der Waals surface area contributed by atoms with E-state index in [0.29, 0.717) is 19.5 Å². The maximum absolute atomic E-state index is 13.7. The first kappa shape index (κ1) is 33.5. The average molecular weight is 653 g/mol. The first-order valence-corrected chi connectivity index (χ1v) is 15.5. The molecule has 0 spiro atoms. The van der Waals surface area contributed by atoms with Gasteiger partial charge in [0.1, 0.15) is 0 Å². The zero-order valence-electron chi connectivity index (χ0n) is 25.9. The smallest absolute Gasteiger partial charge is 0.416 e. The maximum atomic E-state index is 13.7. The lowest BCUT2D eigenvalue weighted by molar-refractivity contribution is -0.143. The summed E-state index contributed by atoms with van der Waals surface area (Å²) in [6.45, 7) is 3.02. The molecule has 0 saturated heterocycles. The summed E-state index contributed by atoms with van der Waals surface area (Å²) < 4.78 is 82.1. The first-order valence-electron chi connectivity index (χ1n) is 15.5. The van der Waals surface area contributed by atoms with Crippen LogP contribution in [0.15, 0.2) is 30.3 Å². The molecule has 2 aromatic carbocycles. The Morgan fingerprint density at radius 3 is 2.09 bits per heavy atom. The number of carboxylic acids is 1. The van der Waals surface area contributed by atoms with Gasteiger partial charge in [-0.05, 0) is 103 Å². The molecule has 0 amide bonds. The number of halogens is 6. The van der Waals surface area contributed by atoms with Crippen LogP contribution < -0.4 is 9.80 Å². The van der Waals surface area contributed by atoms with Crippen molar-refractivity contribution in [3.05, 3.63) is 63.7 Å². The van der Waals surface area contributed by atoms with Gasteiger partial charge in [-0.1, -0.05) is 24.0 Å². The van der Waals surface area contributed by atoms with E-state index >= 15 is 0 Å². The van der Waals surface area contributed by atoms with E-state index in [0.717, 1.165) is 73.9 Å². The summed E-state index contributed by atoms with van der Waals surface area (Å²) in [5, 5.41) is 21.8. The van der Waals surface area contributed by atoms with Crippen LogP contribution in [0.1, 0.15) is 85.3 Å². The van der Waals surface area contributed by atoms with Gasteiger partial charge in [-0.3, -0.25) is 4.79 Å². The Kier molecular flexibility index (Phi) is 9.55. The number of tetrazole rings is 1. The second-order valence-electron chi connectivity index (χ2n) is 12.6. The van der Waals surface area contributed by atoms with E-state index in [1.165, 1.54) is 17.4 Å². The Hall–Kier alpha value is -3.84. The van der Waals surface area contributed by atoms with Gasteiger partial charge in [0, 0.05) is 31.9 Å². The van der Waals surface area contributed by atoms with Crippen molar-refractivity contribution in [2.75, 3.05) is 22.9 Å². The first-order chi connectivity index (χ1) is 21.7. The van der Waals surface area contributed by atoms with Crippen LogP contribution in [-0.2, 0) is 50.1 Å². The van der Waals surface area contributed by atoms with Gasteiger partial charge < -0.3 is 14.9 Å². The van der Waals surface area contributed by atoms with Crippen LogP contribution in [0, 0.1) is 5.41 Å². The van der Waals surface area contributed by atoms with E-state index < -0.39 is 29.4 Å². The summed E-state index contributed by atoms with van der Waals surface area (Å²) in [6, 6.07) is 5.77. The van der Waals surface area contributed by atoms with Crippen molar-refractivity contribution in [3.63, 3.8) is 0 Å². The van der Waals surface area contributed by atoms with Crippen molar-refractivity contribution in [2.45, 2.75) is 90.2 Å². The Labute approximate surface area is 263 Å². The van der Waals surface area contributed by atoms with Crippen LogP contribution in [0.4, 0.5) is 38.0 Å². The number of carboxylic acid groups (broad SMARTS) is 1. The summed E-state index contributed by atoms with van der Waals surface area (Å²) in [7, 11) is 1.52. The number of hydrogen-bond donors (Lipinski definition) is 1. The van der Waals surface area contributed by atoms with Crippen LogP contribution in [0.2, 0.25) is 0 Å². The summed E-state index contributed by atoms with van der Waals surface area (Å²) in [6.07, 6.45) is -2.68. The SMILES string of the molecule is CCN(CCC1(CC(=O)O)CCCC1)c1cc2c(cc1CN(Cc1cc(C(F)(F)F)cc(C(F)(F)F)c1)c1nnn(C)n1)CCC2. The highest BCUT2D eigenvalue weighted by Crippen LogP contribution is 2.45. The minimum atomic E-state index is -4.97. The van der Waals surface area contributed by atoms with Gasteiger partial charge in [0.05, 0.1) is 24.6 Å². The van der Waals surface area contributed by atoms with Crippen molar-refractivity contribution >= 4 is 17.6 Å². The molecule has 0 bridgehead atoms. The lowest BCUT2D eigenvalue weighted by Gasteiger charge is -2.34. The molecule has 46 heavy (non-hydrogen) atoms. The van der Waals surface area contributed by atoms with E-state index in [1.807, 2.05) is 6.92 Å². The van der Waals surface area contributed by atoms with E-state index in [2.05, 4.69) is 32.4 Å². The minimum absolute atomic E-state index is 0.0642. The fourth-order valence-corrected chi connectivity index (χ4v) is 7.00. The van der Waals surface area contributed by atoms with Crippen LogP contribution in [-0.4, -0.2) is 44.4 Å². The fraction of sp³-hybridized carbons (Fsp3) is 0.562. The highest BCUT2D eigenvalue weighted by Gasteiger charge is 2.38. The van der Waals surface area contributed by atoms with Crippen LogP contribution in [0.25, 0.3) is 0 Å². The van der Waals surface area contributed by atoms with Crippen molar-refractivity contribution in [1.82, 2.24) is 20.2 Å². The molecule has 14 heteroatoms. The summed E-state index contributed by atoms with van der Waals surface area (Å²) in [5.41, 5.74) is 0.849. The largest absolute Gasteiger partial charge is 0.481 e. The molecule has 250 valence electrons. The Morgan fingerprint density at radius 2 is 1.54 bits per heavy atom. The number of benzene rings is 2. The molecule has 0 aliphatic heterocycles. The van der Waals surface area contributed by atoms with Crippen LogP contribution in [0.3, 0.4) is 0 Å². The molecule has 1 fully saturated rings. The van der Waals surface area contributed by atoms with Crippen molar-refractivity contribution in [2.24, 2.45) is 12.5 Å². The predicted octanol–water partition coefficient (Wildman–Crippen LogP) is 7.19. The molecule has 1 saturated carbocycles. The second kappa shape index (κ2) is 13.1. The van der Waals surface area contributed by atoms with Crippen molar-refractivity contribution < 1.29 is 36.2 Å². The number of aliphatic carboxylic acids is 1. The number of aryl methyl sites for hydroxylation is 3. The maximum Gasteiger partial charge on any atom is 0.416 e. The monoisotopic (exact) mass is 652 g/mol. The molecule has 0 unspecified atom stereocenters. The Balaban J connectivity index is 1.51. The van der Waals surface area contributed by atoms with Crippen LogP contribution >= 0.6 is 0 Å². The van der Waals surface area contributed by atoms with Gasteiger partial charge >= 0.3 is 18.3 Å². The quantitative estimate of drug-likeness (QED) is 0.207. The molecule has 2 aliphatic carbocycles. The van der Waals surface area contributed by atoms with E-state index in [1.54, 1.807) is 4.90 Å². The second-order valence-corrected chi connectivity index (χ2v) is 12.6. The molecular weight excluding hydrogens is 614 g/mol. The highest BCUT2D eigenvalue weighted by atomic mass is 19.4. The molecule has 0 atom stereocenters. The average Bonchev–Trinajstić information content (AvgIpc) is 3.73. The van der Waals surface area contributed by atoms with Gasteiger partial charge in [0.25, 0.3) is 5.95 Å². The minimum Gasteiger partial charge on any atom is -0.481 e. The van der Waals surface area contributed by atoms with Crippen molar-refractivity contribution in [1.29, 1.82) is 0 Å². The summed E-state index contributed by atoms with van der Waals surface area (Å²) >= 11 is 0. The summed E-state index contributed by atoms with van der Waals surface area (Å²) in [5.74, 6) is -0.743. The zero-order chi connectivity index (χ0) is 33.3. The molecule has 2 aliphatic rings. The Morgan fingerprint density at radius 1 is 0.913 bits per heavy atom. The lowest BCUT2D eigenvalue weighted by Crippen LogP contribution is -2.32. The Bertz CT molecular complexity index is 1510. The van der Waals surface area contributed by atoms with Crippen molar-refractivity contribution in [3.8, 4) is 0 Å². The number of anilines is 2. The molecule has 8 nitrogen and oxygen atoms in total. The third kappa shape index (κ3) is 7.75. The number of hydrogen-bond acceptors (Lipinski definition) is 6. The number of aromatic nitrogens is 4. The van der Waals surface area contributed by atoms with Gasteiger partial charge in [0.15, 0.2) is 0 Å². The third-order valence-corrected chi connectivity index (χ3v) is 9.28. The number of fused-ring (bicyclic) bond motifs is 1. The zero-order valence-corrected chi connectivity index (χ0v) is 25.9. The molecule has 0 radical (unpaired) electrons. The normalized spacial score (nSPS) is 16.1. The number of alkyl halides is 6. The van der Waals surface area contributed by atoms with Crippen LogP contribution in [0.5, 0.6) is 0 Å². The van der Waals surface area contributed by atoms with Gasteiger partial charge in [-0.25, -0.2) is 0 Å². The van der Waals surface area contributed by atoms with Gasteiger partial charge in [-0.15, -0.1) is 5.10 Å². The molecule has 1 N–H and O–H groups in total. The van der Waals surface area contributed by atoms with E-state index in [-0.39, 0.29) is 42.5 Å². The molecule has 5 rings (SSSR count). The van der Waals surface area contributed by atoms with Gasteiger partial charge in [0.2, 0.25) is 0 Å². The molecule has 1 aromatic heterocycles. The summed E-state index contributed by atoms with van der Waals surface area (Å²) in [4.78, 5) is 16.6. The number of nitrogens with zero attached hydrogens (tertiary/aromatic N) is 6. The highest BCUT2D eigenvalue weighted by molar-refractivity contribution is 5.68. The molecule has 3 aromatic rings.